The summed E-state index contributed by atoms with van der Waals surface area (Å²) in [6.45, 7) is 14.0. The van der Waals surface area contributed by atoms with Gasteiger partial charge in [-0.15, -0.1) is 34.2 Å². The number of rotatable bonds is 5. The zero-order valence-corrected chi connectivity index (χ0v) is 19.1. The first-order valence-corrected chi connectivity index (χ1v) is 10.0. The molecule has 1 aromatic rings. The lowest BCUT2D eigenvalue weighted by Crippen LogP contribution is -2.41. The van der Waals surface area contributed by atoms with Crippen molar-refractivity contribution in [2.45, 2.75) is 66.3 Å². The number of nitrogens with zero attached hydrogens (tertiary/aromatic N) is 5. The van der Waals surface area contributed by atoms with E-state index in [2.05, 4.69) is 45.8 Å². The average molecular weight is 474 g/mol. The van der Waals surface area contributed by atoms with Crippen LogP contribution < -0.4 is 5.32 Å². The number of guanidine groups is 1. The monoisotopic (exact) mass is 474 g/mol. The Hall–Kier alpha value is -0.860. The first-order valence-electron chi connectivity index (χ1n) is 10.0. The molecule has 1 unspecified atom stereocenters. The van der Waals surface area contributed by atoms with Gasteiger partial charge in [-0.05, 0) is 50.9 Å². The molecule has 0 aliphatic carbocycles. The third-order valence-electron chi connectivity index (χ3n) is 6.30. The minimum absolute atomic E-state index is 0. The van der Waals surface area contributed by atoms with Crippen molar-refractivity contribution in [1.29, 1.82) is 0 Å². The van der Waals surface area contributed by atoms with Crippen molar-refractivity contribution >= 4 is 29.9 Å². The highest BCUT2D eigenvalue weighted by molar-refractivity contribution is 14.0. The number of halogens is 1. The zero-order chi connectivity index (χ0) is 17.9. The van der Waals surface area contributed by atoms with Crippen molar-refractivity contribution in [1.82, 2.24) is 25.0 Å². The second-order valence-electron chi connectivity index (χ2n) is 7.75. The molecule has 0 aromatic carbocycles. The molecule has 0 bridgehead atoms. The van der Waals surface area contributed by atoms with Crippen LogP contribution in [-0.2, 0) is 13.0 Å². The molecule has 1 aromatic heterocycles. The van der Waals surface area contributed by atoms with E-state index in [1.165, 1.54) is 19.3 Å². The number of nitrogens with one attached hydrogen (secondary N) is 1. The van der Waals surface area contributed by atoms with Gasteiger partial charge in [-0.2, -0.15) is 0 Å². The van der Waals surface area contributed by atoms with Crippen molar-refractivity contribution in [3.63, 3.8) is 0 Å². The van der Waals surface area contributed by atoms with E-state index in [1.54, 1.807) is 0 Å². The van der Waals surface area contributed by atoms with Crippen LogP contribution in [0, 0.1) is 18.3 Å². The van der Waals surface area contributed by atoms with E-state index >= 15 is 0 Å². The number of likely N-dealkylation sites (tertiary alicyclic amines) is 1. The lowest BCUT2D eigenvalue weighted by Gasteiger charge is -2.28. The maximum atomic E-state index is 5.02. The summed E-state index contributed by atoms with van der Waals surface area (Å²) < 4.78 is 2.27. The summed E-state index contributed by atoms with van der Waals surface area (Å²) in [6, 6.07) is 0. The van der Waals surface area contributed by atoms with Gasteiger partial charge in [0.05, 0.1) is 0 Å². The minimum atomic E-state index is 0. The predicted molar refractivity (Wildman–Crippen MR) is 117 cm³/mol. The molecule has 0 spiro atoms. The molecule has 6 nitrogen and oxygen atoms in total. The Kier molecular flexibility index (Phi) is 7.73. The van der Waals surface area contributed by atoms with Crippen LogP contribution in [0.2, 0.25) is 0 Å². The topological polar surface area (TPSA) is 58.3 Å². The Balaban J connectivity index is 0.00000243. The standard InChI is InChI=1S/C19H34N6.HI/c1-5-19(6-2)10-11-24(14-19)18(20-7-3)21-12-16-8-9-17-23-22-15(4)25(17)13-16;/h16H,5-14H2,1-4H3,(H,20,21);1H. The van der Waals surface area contributed by atoms with E-state index in [0.29, 0.717) is 11.3 Å². The molecule has 2 aliphatic rings. The molecule has 1 fully saturated rings. The third kappa shape index (κ3) is 4.51. The van der Waals surface area contributed by atoms with Crippen LogP contribution in [0.4, 0.5) is 0 Å². The van der Waals surface area contributed by atoms with E-state index in [4.69, 9.17) is 4.99 Å². The fraction of sp³-hybridized carbons (Fsp3) is 0.842. The number of fused-ring (bicyclic) bond motifs is 1. The molecule has 0 radical (unpaired) electrons. The van der Waals surface area contributed by atoms with E-state index in [-0.39, 0.29) is 24.0 Å². The average Bonchev–Trinajstić information content (AvgIpc) is 3.23. The number of aryl methyl sites for hydroxylation is 2. The van der Waals surface area contributed by atoms with Crippen LogP contribution in [0.15, 0.2) is 4.99 Å². The minimum Gasteiger partial charge on any atom is -0.357 e. The van der Waals surface area contributed by atoms with Gasteiger partial charge in [-0.1, -0.05) is 13.8 Å². The number of hydrogen-bond donors (Lipinski definition) is 1. The molecule has 0 saturated carbocycles. The van der Waals surface area contributed by atoms with Crippen LogP contribution in [0.25, 0.3) is 0 Å². The molecule has 7 heteroatoms. The molecule has 0 amide bonds. The zero-order valence-electron chi connectivity index (χ0n) is 16.8. The van der Waals surface area contributed by atoms with Gasteiger partial charge < -0.3 is 14.8 Å². The summed E-state index contributed by atoms with van der Waals surface area (Å²) in [5.41, 5.74) is 0.482. The van der Waals surface area contributed by atoms with Crippen molar-refractivity contribution < 1.29 is 0 Å². The highest BCUT2D eigenvalue weighted by Crippen LogP contribution is 2.36. The Morgan fingerprint density at radius 3 is 2.69 bits per heavy atom. The van der Waals surface area contributed by atoms with Crippen molar-refractivity contribution in [3.8, 4) is 0 Å². The number of aromatic nitrogens is 3. The van der Waals surface area contributed by atoms with Gasteiger partial charge in [0.2, 0.25) is 0 Å². The van der Waals surface area contributed by atoms with E-state index in [9.17, 15) is 0 Å². The third-order valence-corrected chi connectivity index (χ3v) is 6.30. The van der Waals surface area contributed by atoms with Gasteiger partial charge in [0, 0.05) is 39.1 Å². The summed E-state index contributed by atoms with van der Waals surface area (Å²) in [4.78, 5) is 7.50. The quantitative estimate of drug-likeness (QED) is 0.405. The van der Waals surface area contributed by atoms with Crippen molar-refractivity contribution in [3.05, 3.63) is 11.6 Å². The van der Waals surface area contributed by atoms with Crippen LogP contribution in [0.5, 0.6) is 0 Å². The fourth-order valence-corrected chi connectivity index (χ4v) is 4.26. The first-order chi connectivity index (χ1) is 12.1. The maximum absolute atomic E-state index is 5.02. The molecule has 1 saturated heterocycles. The molecule has 3 rings (SSSR count). The number of aliphatic imine (C=N–C) groups is 1. The Morgan fingerprint density at radius 2 is 2.04 bits per heavy atom. The molecule has 1 N–H and O–H groups in total. The van der Waals surface area contributed by atoms with Crippen LogP contribution in [-0.4, -0.2) is 51.8 Å². The predicted octanol–water partition coefficient (Wildman–Crippen LogP) is 3.24. The molecule has 2 aliphatic heterocycles. The van der Waals surface area contributed by atoms with Crippen LogP contribution >= 0.6 is 24.0 Å². The van der Waals surface area contributed by atoms with Crippen LogP contribution in [0.1, 0.15) is 58.1 Å². The van der Waals surface area contributed by atoms with Gasteiger partial charge in [-0.25, -0.2) is 0 Å². The van der Waals surface area contributed by atoms with Crippen molar-refractivity contribution in [2.75, 3.05) is 26.2 Å². The smallest absolute Gasteiger partial charge is 0.193 e. The Labute approximate surface area is 175 Å². The molecule has 1 atom stereocenters. The molecule has 26 heavy (non-hydrogen) atoms. The summed E-state index contributed by atoms with van der Waals surface area (Å²) in [5.74, 6) is 3.86. The Morgan fingerprint density at radius 1 is 1.27 bits per heavy atom. The summed E-state index contributed by atoms with van der Waals surface area (Å²) >= 11 is 0. The summed E-state index contributed by atoms with van der Waals surface area (Å²) in [6.07, 6.45) is 6.00. The van der Waals surface area contributed by atoms with E-state index < -0.39 is 0 Å². The SMILES string of the molecule is CCNC(=NCC1CCc2nnc(C)n2C1)N1CCC(CC)(CC)C1.I. The highest BCUT2D eigenvalue weighted by atomic mass is 127. The largest absolute Gasteiger partial charge is 0.357 e. The highest BCUT2D eigenvalue weighted by Gasteiger charge is 2.36. The van der Waals surface area contributed by atoms with Gasteiger partial charge in [0.1, 0.15) is 11.6 Å². The molecule has 3 heterocycles. The lowest BCUT2D eigenvalue weighted by molar-refractivity contribution is 0.275. The van der Waals surface area contributed by atoms with Gasteiger partial charge in [-0.3, -0.25) is 4.99 Å². The summed E-state index contributed by atoms with van der Waals surface area (Å²) in [7, 11) is 0. The van der Waals surface area contributed by atoms with Crippen molar-refractivity contribution in [2.24, 2.45) is 16.3 Å². The first kappa shape index (κ1) is 21.4. The number of hydrogen-bond acceptors (Lipinski definition) is 3. The molecular weight excluding hydrogens is 439 g/mol. The molecular formula is C19H35IN6. The fourth-order valence-electron chi connectivity index (χ4n) is 4.26. The second-order valence-corrected chi connectivity index (χ2v) is 7.75. The normalized spacial score (nSPS) is 22.1. The Bertz CT molecular complexity index is 607. The van der Waals surface area contributed by atoms with Crippen LogP contribution in [0.3, 0.4) is 0 Å². The maximum Gasteiger partial charge on any atom is 0.193 e. The summed E-state index contributed by atoms with van der Waals surface area (Å²) in [5, 5.41) is 12.0. The van der Waals surface area contributed by atoms with E-state index in [0.717, 1.165) is 63.2 Å². The molecule has 148 valence electrons. The van der Waals surface area contributed by atoms with Gasteiger partial charge >= 0.3 is 0 Å². The van der Waals surface area contributed by atoms with Gasteiger partial charge in [0.25, 0.3) is 0 Å². The van der Waals surface area contributed by atoms with Gasteiger partial charge in [0.15, 0.2) is 5.96 Å². The lowest BCUT2D eigenvalue weighted by atomic mass is 9.82. The van der Waals surface area contributed by atoms with E-state index in [1.807, 2.05) is 6.92 Å². The second kappa shape index (κ2) is 9.37.